The van der Waals surface area contributed by atoms with Gasteiger partial charge in [-0.3, -0.25) is 0 Å². The third kappa shape index (κ3) is 4.30. The topological polar surface area (TPSA) is 90.1 Å². The second kappa shape index (κ2) is 8.05. The zero-order valence-electron chi connectivity index (χ0n) is 14.4. The molecule has 0 saturated heterocycles. The minimum Gasteiger partial charge on any atom is -0.391 e. The molecule has 3 N–H and O–H groups in total. The molecular weight excluding hydrogens is 412 g/mol. The molecule has 0 fully saturated rings. The van der Waals surface area contributed by atoms with Gasteiger partial charge in [0, 0.05) is 18.5 Å². The summed E-state index contributed by atoms with van der Waals surface area (Å²) in [5, 5.41) is 0. The maximum atomic E-state index is 13.3. The van der Waals surface area contributed by atoms with Crippen LogP contribution in [0.25, 0.3) is 22.4 Å². The Bertz CT molecular complexity index is 1040. The fraction of sp³-hybridized carbons (Fsp3) is 0.0556. The monoisotopic (exact) mass is 424 g/mol. The highest BCUT2D eigenvalue weighted by molar-refractivity contribution is 7.75. The van der Waals surface area contributed by atoms with E-state index < -0.39 is 23.8 Å². The number of rotatable bonds is 4. The fourth-order valence-corrected chi connectivity index (χ4v) is 2.71. The summed E-state index contributed by atoms with van der Waals surface area (Å²) in [5.74, 6) is 2.43. The van der Waals surface area contributed by atoms with Crippen LogP contribution in [0.1, 0.15) is 16.2 Å². The molecule has 0 spiro atoms. The third-order valence-corrected chi connectivity index (χ3v) is 4.07. The number of nitrogens with zero attached hydrogens (tertiary/aromatic N) is 2. The molecule has 3 rings (SSSR count). The number of hydrogen-bond donors (Lipinski definition) is 3. The van der Waals surface area contributed by atoms with Gasteiger partial charge in [-0.25, -0.2) is 25.0 Å². The normalized spacial score (nSPS) is 11.2. The van der Waals surface area contributed by atoms with Crippen LogP contribution in [0.2, 0.25) is 0 Å². The number of carbonyl (C=O) groups excluding carboxylic acids is 1. The van der Waals surface area contributed by atoms with E-state index in [-0.39, 0.29) is 28.2 Å². The summed E-state index contributed by atoms with van der Waals surface area (Å²) in [6.45, 7) is 0. The van der Waals surface area contributed by atoms with Gasteiger partial charge in [-0.2, -0.15) is 13.2 Å². The van der Waals surface area contributed by atoms with E-state index in [1.54, 1.807) is 0 Å². The molecule has 11 heteroatoms. The molecule has 0 unspecified atom stereocenters. The Kier molecular flexibility index (Phi) is 5.71. The average Bonchev–Trinajstić information content (AvgIpc) is 2.72. The first-order chi connectivity index (χ1) is 13.7. The van der Waals surface area contributed by atoms with Gasteiger partial charge in [0.1, 0.15) is 5.82 Å². The number of halogens is 4. The maximum Gasteiger partial charge on any atom is 0.451 e. The first-order valence-electron chi connectivity index (χ1n) is 7.92. The van der Waals surface area contributed by atoms with Crippen LogP contribution in [0.15, 0.2) is 48.5 Å². The molecule has 2 aromatic carbocycles. The highest BCUT2D eigenvalue weighted by Crippen LogP contribution is 2.38. The predicted molar refractivity (Wildman–Crippen MR) is 100 cm³/mol. The van der Waals surface area contributed by atoms with Crippen LogP contribution in [0, 0.1) is 5.82 Å². The highest BCUT2D eigenvalue weighted by atomic mass is 32.1. The van der Waals surface area contributed by atoms with Crippen molar-refractivity contribution in [3.8, 4) is 22.4 Å². The van der Waals surface area contributed by atoms with Gasteiger partial charge in [-0.15, -0.1) is 0 Å². The Hall–Kier alpha value is -3.18. The van der Waals surface area contributed by atoms with E-state index >= 15 is 0 Å². The van der Waals surface area contributed by atoms with E-state index in [1.807, 2.05) is 0 Å². The number of nitrogens with one attached hydrogen (secondary N) is 1. The number of carbonyl (C=O) groups is 1. The van der Waals surface area contributed by atoms with Crippen molar-refractivity contribution in [3.63, 3.8) is 0 Å². The van der Waals surface area contributed by atoms with Crippen LogP contribution in [-0.4, -0.2) is 15.9 Å². The Morgan fingerprint density at radius 2 is 1.59 bits per heavy atom. The van der Waals surface area contributed by atoms with Crippen molar-refractivity contribution in [2.45, 2.75) is 6.18 Å². The number of hydrazine groups is 1. The lowest BCUT2D eigenvalue weighted by Gasteiger charge is -2.16. The molecule has 1 heterocycles. The standard InChI is InChI=1S/C18H12F4N4O2S/c19-12-7-5-9(6-8-12)13-14(10-1-3-11(4-2-10)16(27)28-29)24-17(18(20,21)22)25-15(13)26-23/h1-8,29H,23H2,(H,24,25,26). The van der Waals surface area contributed by atoms with E-state index in [9.17, 15) is 22.4 Å². The zero-order valence-corrected chi connectivity index (χ0v) is 15.3. The minimum absolute atomic E-state index is 0.113. The van der Waals surface area contributed by atoms with Crippen LogP contribution in [0.4, 0.5) is 23.4 Å². The summed E-state index contributed by atoms with van der Waals surface area (Å²) in [7, 11) is 0. The number of aromatic nitrogens is 2. The molecule has 0 saturated carbocycles. The summed E-state index contributed by atoms with van der Waals surface area (Å²) in [6.07, 6.45) is -4.84. The second-order valence-corrected chi connectivity index (χ2v) is 5.91. The number of benzene rings is 2. The number of nitrogen functional groups attached to an aromatic ring is 1. The molecule has 0 aliphatic rings. The summed E-state index contributed by atoms with van der Waals surface area (Å²) in [6, 6.07) is 10.5. The minimum atomic E-state index is -4.84. The van der Waals surface area contributed by atoms with Gasteiger partial charge in [-0.05, 0) is 29.8 Å². The molecule has 0 atom stereocenters. The van der Waals surface area contributed by atoms with Gasteiger partial charge < -0.3 is 9.61 Å². The first kappa shape index (κ1) is 20.6. The van der Waals surface area contributed by atoms with Crippen molar-refractivity contribution in [2.75, 3.05) is 5.43 Å². The molecule has 150 valence electrons. The summed E-state index contributed by atoms with van der Waals surface area (Å²) in [5.41, 5.74) is 2.87. The molecule has 29 heavy (non-hydrogen) atoms. The van der Waals surface area contributed by atoms with Gasteiger partial charge in [0.05, 0.1) is 16.8 Å². The Morgan fingerprint density at radius 3 is 2.10 bits per heavy atom. The molecule has 0 amide bonds. The lowest BCUT2D eigenvalue weighted by molar-refractivity contribution is -0.144. The van der Waals surface area contributed by atoms with Crippen molar-refractivity contribution in [1.82, 2.24) is 9.97 Å². The SMILES string of the molecule is NNc1nc(C(F)(F)F)nc(-c2ccc(C(=O)OS)cc2)c1-c1ccc(F)cc1. The van der Waals surface area contributed by atoms with Crippen LogP contribution < -0.4 is 11.3 Å². The Labute approximate surface area is 167 Å². The maximum absolute atomic E-state index is 13.3. The molecule has 1 aromatic heterocycles. The van der Waals surface area contributed by atoms with E-state index in [2.05, 4.69) is 32.5 Å². The van der Waals surface area contributed by atoms with Crippen molar-refractivity contribution in [3.05, 3.63) is 65.7 Å². The van der Waals surface area contributed by atoms with Crippen LogP contribution in [-0.2, 0) is 10.4 Å². The van der Waals surface area contributed by atoms with E-state index in [1.165, 1.54) is 36.4 Å². The van der Waals surface area contributed by atoms with Crippen LogP contribution >= 0.6 is 12.9 Å². The van der Waals surface area contributed by atoms with Crippen LogP contribution in [0.5, 0.6) is 0 Å². The highest BCUT2D eigenvalue weighted by Gasteiger charge is 2.36. The smallest absolute Gasteiger partial charge is 0.391 e. The number of thiol groups is 1. The number of anilines is 1. The van der Waals surface area contributed by atoms with Crippen molar-refractivity contribution >= 4 is 24.7 Å². The summed E-state index contributed by atoms with van der Waals surface area (Å²) >= 11 is 3.42. The number of nitrogens with two attached hydrogens (primary N) is 1. The van der Waals surface area contributed by atoms with Gasteiger partial charge in [0.2, 0.25) is 5.82 Å². The first-order valence-corrected chi connectivity index (χ1v) is 8.29. The predicted octanol–water partition coefficient (Wildman–Crippen LogP) is 4.26. The van der Waals surface area contributed by atoms with E-state index in [0.29, 0.717) is 5.56 Å². The molecule has 6 nitrogen and oxygen atoms in total. The van der Waals surface area contributed by atoms with Crippen molar-refractivity contribution in [1.29, 1.82) is 0 Å². The largest absolute Gasteiger partial charge is 0.451 e. The van der Waals surface area contributed by atoms with Gasteiger partial charge >= 0.3 is 12.1 Å². The summed E-state index contributed by atoms with van der Waals surface area (Å²) < 4.78 is 57.5. The summed E-state index contributed by atoms with van der Waals surface area (Å²) in [4.78, 5) is 18.6. The number of alkyl halides is 3. The Morgan fingerprint density at radius 1 is 1.00 bits per heavy atom. The van der Waals surface area contributed by atoms with E-state index in [4.69, 9.17) is 5.84 Å². The zero-order chi connectivity index (χ0) is 21.2. The molecular formula is C18H12F4N4O2S. The molecule has 3 aromatic rings. The van der Waals surface area contributed by atoms with Crippen molar-refractivity contribution in [2.24, 2.45) is 5.84 Å². The van der Waals surface area contributed by atoms with Gasteiger partial charge in [0.25, 0.3) is 0 Å². The van der Waals surface area contributed by atoms with Gasteiger partial charge in [0.15, 0.2) is 5.82 Å². The average molecular weight is 424 g/mol. The van der Waals surface area contributed by atoms with Crippen molar-refractivity contribution < 1.29 is 26.5 Å². The molecule has 0 radical (unpaired) electrons. The Balaban J connectivity index is 2.27. The molecule has 0 aliphatic heterocycles. The second-order valence-electron chi connectivity index (χ2n) is 5.72. The lowest BCUT2D eigenvalue weighted by atomic mass is 9.98. The lowest BCUT2D eigenvalue weighted by Crippen LogP contribution is -2.18. The molecule has 0 bridgehead atoms. The third-order valence-electron chi connectivity index (χ3n) is 3.91. The van der Waals surface area contributed by atoms with Crippen LogP contribution in [0.3, 0.4) is 0 Å². The van der Waals surface area contributed by atoms with E-state index in [0.717, 1.165) is 12.1 Å². The molecule has 0 aliphatic carbocycles. The fourth-order valence-electron chi connectivity index (χ4n) is 2.61. The quantitative estimate of drug-likeness (QED) is 0.191. The number of hydrogen-bond acceptors (Lipinski definition) is 7. The van der Waals surface area contributed by atoms with Gasteiger partial charge in [-0.1, -0.05) is 24.3 Å².